The van der Waals surface area contributed by atoms with Crippen LogP contribution < -0.4 is 11.1 Å². The number of nitrogens with one attached hydrogen (secondary N) is 1. The second kappa shape index (κ2) is 5.12. The van der Waals surface area contributed by atoms with Gasteiger partial charge in [-0.25, -0.2) is 4.63 Å². The van der Waals surface area contributed by atoms with Gasteiger partial charge in [-0.1, -0.05) is 5.16 Å². The van der Waals surface area contributed by atoms with Gasteiger partial charge in [0.05, 0.1) is 0 Å². The lowest BCUT2D eigenvalue weighted by atomic mass is 10.4. The fourth-order valence-electron chi connectivity index (χ4n) is 0.680. The Labute approximate surface area is 84.0 Å². The van der Waals surface area contributed by atoms with Crippen LogP contribution in [0.2, 0.25) is 0 Å². The SMILES string of the molecule is CS/C=C/Nc1nonc1/C(N)=N/O. The summed E-state index contributed by atoms with van der Waals surface area (Å²) in [5.74, 6) is 0.136. The highest BCUT2D eigenvalue weighted by Crippen LogP contribution is 2.09. The Kier molecular flexibility index (Phi) is 3.80. The number of oxime groups is 1. The molecular weight excluding hydrogens is 206 g/mol. The summed E-state index contributed by atoms with van der Waals surface area (Å²) in [5, 5.41) is 22.7. The van der Waals surface area contributed by atoms with Gasteiger partial charge in [0.2, 0.25) is 5.82 Å². The van der Waals surface area contributed by atoms with E-state index >= 15 is 0 Å². The van der Waals surface area contributed by atoms with E-state index in [4.69, 9.17) is 10.9 Å². The molecule has 1 heterocycles. The normalized spacial score (nSPS) is 12.2. The smallest absolute Gasteiger partial charge is 0.206 e. The third-order valence-electron chi connectivity index (χ3n) is 1.26. The summed E-state index contributed by atoms with van der Waals surface area (Å²) in [4.78, 5) is 0. The van der Waals surface area contributed by atoms with E-state index in [2.05, 4.69) is 25.4 Å². The summed E-state index contributed by atoms with van der Waals surface area (Å²) < 4.78 is 4.42. The minimum absolute atomic E-state index is 0.161. The van der Waals surface area contributed by atoms with Crippen molar-refractivity contribution in [2.75, 3.05) is 11.6 Å². The van der Waals surface area contributed by atoms with Gasteiger partial charge in [-0.2, -0.15) is 0 Å². The van der Waals surface area contributed by atoms with Gasteiger partial charge >= 0.3 is 0 Å². The van der Waals surface area contributed by atoms with E-state index in [1.54, 1.807) is 11.6 Å². The first-order chi connectivity index (χ1) is 6.79. The van der Waals surface area contributed by atoms with E-state index in [1.807, 2.05) is 6.26 Å². The van der Waals surface area contributed by atoms with Crippen LogP contribution in [-0.4, -0.2) is 27.6 Å². The first-order valence-electron chi connectivity index (χ1n) is 3.54. The van der Waals surface area contributed by atoms with Crippen molar-refractivity contribution in [2.24, 2.45) is 10.9 Å². The predicted molar refractivity (Wildman–Crippen MR) is 53.1 cm³/mol. The lowest BCUT2D eigenvalue weighted by Crippen LogP contribution is -2.15. The van der Waals surface area contributed by atoms with Crippen molar-refractivity contribution in [1.82, 2.24) is 10.3 Å². The van der Waals surface area contributed by atoms with Crippen molar-refractivity contribution in [1.29, 1.82) is 0 Å². The number of amidine groups is 1. The lowest BCUT2D eigenvalue weighted by molar-refractivity contribution is 0.304. The van der Waals surface area contributed by atoms with Crippen molar-refractivity contribution in [3.8, 4) is 0 Å². The Hall–Kier alpha value is -1.70. The molecule has 0 aliphatic rings. The summed E-state index contributed by atoms with van der Waals surface area (Å²) in [6, 6.07) is 0. The summed E-state index contributed by atoms with van der Waals surface area (Å²) in [7, 11) is 0. The number of nitrogens with zero attached hydrogens (tertiary/aromatic N) is 3. The van der Waals surface area contributed by atoms with E-state index in [0.717, 1.165) is 0 Å². The third-order valence-corrected chi connectivity index (χ3v) is 1.67. The van der Waals surface area contributed by atoms with Crippen molar-refractivity contribution in [3.63, 3.8) is 0 Å². The van der Waals surface area contributed by atoms with Crippen LogP contribution in [0.1, 0.15) is 5.69 Å². The van der Waals surface area contributed by atoms with Crippen molar-refractivity contribution in [2.45, 2.75) is 0 Å². The van der Waals surface area contributed by atoms with Crippen molar-refractivity contribution < 1.29 is 9.84 Å². The molecule has 0 amide bonds. The Morgan fingerprint density at radius 1 is 1.71 bits per heavy atom. The van der Waals surface area contributed by atoms with E-state index in [9.17, 15) is 0 Å². The number of hydrogen-bond donors (Lipinski definition) is 3. The molecule has 0 fully saturated rings. The fraction of sp³-hybridized carbons (Fsp3) is 0.167. The van der Waals surface area contributed by atoms with Gasteiger partial charge in [-0.15, -0.1) is 11.8 Å². The summed E-state index contributed by atoms with van der Waals surface area (Å²) in [6.07, 6.45) is 3.54. The van der Waals surface area contributed by atoms with Crippen LogP contribution in [0.25, 0.3) is 0 Å². The summed E-state index contributed by atoms with van der Waals surface area (Å²) in [6.45, 7) is 0. The monoisotopic (exact) mass is 215 g/mol. The summed E-state index contributed by atoms with van der Waals surface area (Å²) in [5.41, 5.74) is 5.48. The van der Waals surface area contributed by atoms with Gasteiger partial charge in [0.25, 0.3) is 0 Å². The van der Waals surface area contributed by atoms with Crippen LogP contribution in [0.3, 0.4) is 0 Å². The first kappa shape index (κ1) is 10.4. The number of thioether (sulfide) groups is 1. The zero-order valence-corrected chi connectivity index (χ0v) is 8.15. The predicted octanol–water partition coefficient (Wildman–Crippen LogP) is 0.410. The van der Waals surface area contributed by atoms with Gasteiger partial charge in [0.1, 0.15) is 0 Å². The minimum Gasteiger partial charge on any atom is -0.409 e. The molecule has 0 unspecified atom stereocenters. The highest BCUT2D eigenvalue weighted by molar-refractivity contribution is 8.01. The molecule has 4 N–H and O–H groups in total. The molecular formula is C6H9N5O2S. The maximum atomic E-state index is 8.41. The molecule has 0 saturated heterocycles. The molecule has 0 aliphatic carbocycles. The average molecular weight is 215 g/mol. The van der Waals surface area contributed by atoms with Gasteiger partial charge in [-0.3, -0.25) is 0 Å². The first-order valence-corrected chi connectivity index (χ1v) is 4.83. The number of rotatable bonds is 4. The molecule has 1 aromatic rings. The second-order valence-corrected chi connectivity index (χ2v) is 2.87. The number of nitrogens with two attached hydrogens (primary N) is 1. The third kappa shape index (κ3) is 2.39. The van der Waals surface area contributed by atoms with Gasteiger partial charge < -0.3 is 16.3 Å². The zero-order chi connectivity index (χ0) is 10.4. The Balaban J connectivity index is 2.77. The molecule has 7 nitrogen and oxygen atoms in total. The second-order valence-electron chi connectivity index (χ2n) is 2.13. The van der Waals surface area contributed by atoms with Crippen LogP contribution in [0.15, 0.2) is 21.4 Å². The highest BCUT2D eigenvalue weighted by atomic mass is 32.2. The Morgan fingerprint density at radius 3 is 3.14 bits per heavy atom. The van der Waals surface area contributed by atoms with E-state index in [1.165, 1.54) is 11.8 Å². The summed E-state index contributed by atoms with van der Waals surface area (Å²) >= 11 is 1.51. The minimum atomic E-state index is -0.161. The molecule has 76 valence electrons. The van der Waals surface area contributed by atoms with Crippen LogP contribution in [0.4, 0.5) is 5.82 Å². The van der Waals surface area contributed by atoms with Gasteiger partial charge in [0, 0.05) is 6.20 Å². The van der Waals surface area contributed by atoms with E-state index in [0.29, 0.717) is 5.82 Å². The highest BCUT2D eigenvalue weighted by Gasteiger charge is 2.12. The number of aromatic nitrogens is 2. The average Bonchev–Trinajstić information content (AvgIpc) is 2.65. The number of hydrogen-bond acceptors (Lipinski definition) is 7. The van der Waals surface area contributed by atoms with Crippen LogP contribution >= 0.6 is 11.8 Å². The molecule has 8 heteroatoms. The number of anilines is 1. The molecule has 0 spiro atoms. The van der Waals surface area contributed by atoms with Gasteiger partial charge in [-0.05, 0) is 22.0 Å². The molecule has 0 aromatic carbocycles. The molecule has 1 rings (SSSR count). The molecule has 0 atom stereocenters. The van der Waals surface area contributed by atoms with Crippen LogP contribution in [0, 0.1) is 0 Å². The molecule has 0 radical (unpaired) electrons. The maximum Gasteiger partial charge on any atom is 0.206 e. The van der Waals surface area contributed by atoms with Crippen molar-refractivity contribution in [3.05, 3.63) is 17.3 Å². The van der Waals surface area contributed by atoms with Crippen molar-refractivity contribution >= 4 is 23.4 Å². The molecule has 0 saturated carbocycles. The molecule has 1 aromatic heterocycles. The molecule has 0 aliphatic heterocycles. The lowest BCUT2D eigenvalue weighted by Gasteiger charge is -1.95. The van der Waals surface area contributed by atoms with Crippen LogP contribution in [0.5, 0.6) is 0 Å². The Bertz CT molecular complexity index is 348. The molecule has 14 heavy (non-hydrogen) atoms. The Morgan fingerprint density at radius 2 is 2.50 bits per heavy atom. The van der Waals surface area contributed by atoms with E-state index in [-0.39, 0.29) is 11.5 Å². The topological polar surface area (TPSA) is 110 Å². The zero-order valence-electron chi connectivity index (χ0n) is 7.34. The fourth-order valence-corrected chi connectivity index (χ4v) is 0.884. The van der Waals surface area contributed by atoms with Crippen LogP contribution in [-0.2, 0) is 0 Å². The van der Waals surface area contributed by atoms with Gasteiger partial charge in [0.15, 0.2) is 11.5 Å². The quantitative estimate of drug-likeness (QED) is 0.289. The standard InChI is InChI=1S/C6H9N5O2S/c1-14-3-2-8-6-4(5(7)9-12)10-13-11-6/h2-3,12H,1H3,(H2,7,9)(H,8,11)/b3-2+. The van der Waals surface area contributed by atoms with E-state index < -0.39 is 0 Å². The molecule has 0 bridgehead atoms. The maximum absolute atomic E-state index is 8.41. The largest absolute Gasteiger partial charge is 0.409 e.